The van der Waals surface area contributed by atoms with Crippen molar-refractivity contribution in [3.05, 3.63) is 30.3 Å². The summed E-state index contributed by atoms with van der Waals surface area (Å²) in [5.74, 6) is 0. The minimum absolute atomic E-state index is 0.726. The lowest BCUT2D eigenvalue weighted by atomic mass is 10.4. The van der Waals surface area contributed by atoms with Crippen LogP contribution < -0.4 is 5.30 Å². The van der Waals surface area contributed by atoms with Crippen LogP contribution in [0.25, 0.3) is 0 Å². The fraction of sp³-hybridized carbons (Fsp3) is 0.417. The standard InChI is InChI=1S/C12H17NP/c1-3-14(4-2,11-10-13)12-8-6-5-7-9-12/h5-9H,3-4,11H2,1-2H3/q+1. The molecule has 0 N–H and O–H groups in total. The smallest absolute Gasteiger partial charge is 0.149 e. The van der Waals surface area contributed by atoms with E-state index < -0.39 is 7.26 Å². The predicted molar refractivity (Wildman–Crippen MR) is 64.6 cm³/mol. The van der Waals surface area contributed by atoms with Gasteiger partial charge in [0.2, 0.25) is 0 Å². The second-order valence-corrected chi connectivity index (χ2v) is 7.82. The lowest BCUT2D eigenvalue weighted by molar-refractivity contribution is 1.35. The summed E-state index contributed by atoms with van der Waals surface area (Å²) in [7, 11) is -1.17. The van der Waals surface area contributed by atoms with Crippen LogP contribution in [0.15, 0.2) is 30.3 Å². The van der Waals surface area contributed by atoms with Gasteiger partial charge in [-0.05, 0) is 26.0 Å². The molecule has 0 atom stereocenters. The van der Waals surface area contributed by atoms with Crippen LogP contribution in [0.1, 0.15) is 13.8 Å². The molecule has 0 amide bonds. The van der Waals surface area contributed by atoms with Crippen molar-refractivity contribution in [1.29, 1.82) is 5.26 Å². The molecule has 0 bridgehead atoms. The highest BCUT2D eigenvalue weighted by molar-refractivity contribution is 7.83. The zero-order valence-electron chi connectivity index (χ0n) is 8.90. The van der Waals surface area contributed by atoms with Gasteiger partial charge in [-0.15, -0.1) is 0 Å². The molecule has 2 heteroatoms. The maximum Gasteiger partial charge on any atom is 0.149 e. The van der Waals surface area contributed by atoms with Gasteiger partial charge in [0.05, 0.1) is 24.9 Å². The first kappa shape index (κ1) is 11.2. The van der Waals surface area contributed by atoms with Crippen molar-refractivity contribution in [2.75, 3.05) is 18.5 Å². The van der Waals surface area contributed by atoms with Crippen LogP contribution >= 0.6 is 7.26 Å². The molecule has 1 aromatic carbocycles. The van der Waals surface area contributed by atoms with Crippen LogP contribution in [0.2, 0.25) is 0 Å². The highest BCUT2D eigenvalue weighted by atomic mass is 31.2. The van der Waals surface area contributed by atoms with Crippen molar-refractivity contribution in [2.24, 2.45) is 0 Å². The summed E-state index contributed by atoms with van der Waals surface area (Å²) in [6.45, 7) is 4.42. The van der Waals surface area contributed by atoms with E-state index in [1.807, 2.05) is 6.07 Å². The van der Waals surface area contributed by atoms with Crippen LogP contribution in [0.4, 0.5) is 0 Å². The van der Waals surface area contributed by atoms with E-state index in [4.69, 9.17) is 5.26 Å². The first-order valence-electron chi connectivity index (χ1n) is 5.07. The van der Waals surface area contributed by atoms with Gasteiger partial charge in [0.15, 0.2) is 0 Å². The molecule has 0 saturated heterocycles. The van der Waals surface area contributed by atoms with E-state index >= 15 is 0 Å². The minimum atomic E-state index is -1.17. The third kappa shape index (κ3) is 2.14. The van der Waals surface area contributed by atoms with Gasteiger partial charge in [-0.1, -0.05) is 18.2 Å². The lowest BCUT2D eigenvalue weighted by Gasteiger charge is -2.21. The maximum absolute atomic E-state index is 8.90. The summed E-state index contributed by atoms with van der Waals surface area (Å²) >= 11 is 0. The molecule has 0 saturated carbocycles. The molecule has 0 radical (unpaired) electrons. The third-order valence-electron chi connectivity index (χ3n) is 2.89. The Labute approximate surface area is 87.1 Å². The summed E-state index contributed by atoms with van der Waals surface area (Å²) in [5.41, 5.74) is 0. The Morgan fingerprint density at radius 3 is 2.14 bits per heavy atom. The van der Waals surface area contributed by atoms with Crippen LogP contribution in [-0.4, -0.2) is 18.5 Å². The van der Waals surface area contributed by atoms with Gasteiger partial charge in [-0.25, -0.2) is 0 Å². The van der Waals surface area contributed by atoms with E-state index in [1.54, 1.807) is 0 Å². The first-order chi connectivity index (χ1) is 6.79. The summed E-state index contributed by atoms with van der Waals surface area (Å²) in [4.78, 5) is 0. The van der Waals surface area contributed by atoms with E-state index in [9.17, 15) is 0 Å². The predicted octanol–water partition coefficient (Wildman–Crippen LogP) is 2.89. The molecule has 0 aromatic heterocycles. The second kappa shape index (κ2) is 5.13. The Hall–Kier alpha value is -0.860. The van der Waals surface area contributed by atoms with Gasteiger partial charge in [0.1, 0.15) is 12.2 Å². The molecule has 1 nitrogen and oxygen atoms in total. The van der Waals surface area contributed by atoms with Crippen molar-refractivity contribution >= 4 is 12.6 Å². The molecule has 14 heavy (non-hydrogen) atoms. The van der Waals surface area contributed by atoms with E-state index in [0.29, 0.717) is 0 Å². The van der Waals surface area contributed by atoms with Crippen LogP contribution in [0.5, 0.6) is 0 Å². The molecule has 74 valence electrons. The highest BCUT2D eigenvalue weighted by Crippen LogP contribution is 2.56. The van der Waals surface area contributed by atoms with E-state index in [1.165, 1.54) is 5.30 Å². The zero-order chi connectivity index (χ0) is 10.4. The fourth-order valence-electron chi connectivity index (χ4n) is 1.78. The molecule has 0 spiro atoms. The molecule has 0 aliphatic rings. The Balaban J connectivity index is 3.05. The monoisotopic (exact) mass is 206 g/mol. The summed E-state index contributed by atoms with van der Waals surface area (Å²) in [5, 5.41) is 10.3. The van der Waals surface area contributed by atoms with E-state index in [0.717, 1.165) is 18.5 Å². The Kier molecular flexibility index (Phi) is 4.11. The molecule has 0 heterocycles. The van der Waals surface area contributed by atoms with Gasteiger partial charge in [0, 0.05) is 0 Å². The van der Waals surface area contributed by atoms with Crippen LogP contribution in [0, 0.1) is 11.3 Å². The van der Waals surface area contributed by atoms with E-state index in [2.05, 4.69) is 44.2 Å². The number of benzene rings is 1. The molecular weight excluding hydrogens is 189 g/mol. The van der Waals surface area contributed by atoms with Crippen molar-refractivity contribution < 1.29 is 0 Å². The Bertz CT molecular complexity index is 309. The quantitative estimate of drug-likeness (QED) is 0.695. The van der Waals surface area contributed by atoms with Crippen LogP contribution in [0.3, 0.4) is 0 Å². The minimum Gasteiger partial charge on any atom is -0.194 e. The number of nitriles is 1. The van der Waals surface area contributed by atoms with Crippen molar-refractivity contribution in [3.63, 3.8) is 0 Å². The molecule has 0 aliphatic heterocycles. The van der Waals surface area contributed by atoms with Gasteiger partial charge in [-0.2, -0.15) is 5.26 Å². The SMILES string of the molecule is CC[P+](CC)(CC#N)c1ccccc1. The number of hydrogen-bond donors (Lipinski definition) is 0. The molecule has 0 unspecified atom stereocenters. The van der Waals surface area contributed by atoms with Gasteiger partial charge < -0.3 is 0 Å². The summed E-state index contributed by atoms with van der Waals surface area (Å²) in [6.07, 6.45) is 3.01. The van der Waals surface area contributed by atoms with Crippen molar-refractivity contribution in [2.45, 2.75) is 13.8 Å². The van der Waals surface area contributed by atoms with Gasteiger partial charge >= 0.3 is 0 Å². The first-order valence-corrected chi connectivity index (χ1v) is 7.42. The molecule has 0 aliphatic carbocycles. The summed E-state index contributed by atoms with van der Waals surface area (Å²) < 4.78 is 0. The summed E-state index contributed by atoms with van der Waals surface area (Å²) in [6, 6.07) is 12.9. The topological polar surface area (TPSA) is 23.8 Å². The fourth-order valence-corrected chi connectivity index (χ4v) is 4.67. The largest absolute Gasteiger partial charge is 0.194 e. The average Bonchev–Trinajstić information content (AvgIpc) is 2.27. The number of rotatable bonds is 4. The Morgan fingerprint density at radius 2 is 1.71 bits per heavy atom. The van der Waals surface area contributed by atoms with Gasteiger partial charge in [0.25, 0.3) is 0 Å². The second-order valence-electron chi connectivity index (χ2n) is 3.43. The normalized spacial score (nSPS) is 10.9. The van der Waals surface area contributed by atoms with E-state index in [-0.39, 0.29) is 0 Å². The van der Waals surface area contributed by atoms with Gasteiger partial charge in [-0.3, -0.25) is 0 Å². The van der Waals surface area contributed by atoms with Crippen molar-refractivity contribution in [3.8, 4) is 6.07 Å². The van der Waals surface area contributed by atoms with Crippen molar-refractivity contribution in [1.82, 2.24) is 0 Å². The average molecular weight is 206 g/mol. The number of nitrogens with zero attached hydrogens (tertiary/aromatic N) is 1. The maximum atomic E-state index is 8.90. The van der Waals surface area contributed by atoms with Crippen LogP contribution in [-0.2, 0) is 0 Å². The Morgan fingerprint density at radius 1 is 1.14 bits per heavy atom. The molecule has 0 fully saturated rings. The highest BCUT2D eigenvalue weighted by Gasteiger charge is 2.35. The molecule has 1 aromatic rings. The molecule has 1 rings (SSSR count). The number of hydrogen-bond acceptors (Lipinski definition) is 1. The molecular formula is C12H17NP+. The third-order valence-corrected chi connectivity index (χ3v) is 7.45. The lowest BCUT2D eigenvalue weighted by Crippen LogP contribution is -2.17. The zero-order valence-corrected chi connectivity index (χ0v) is 9.80.